The van der Waals surface area contributed by atoms with Gasteiger partial charge >= 0.3 is 0 Å². The quantitative estimate of drug-likeness (QED) is 0.574. The number of hydrogen-bond acceptors (Lipinski definition) is 2. The van der Waals surface area contributed by atoms with Crippen molar-refractivity contribution in [2.45, 2.75) is 12.1 Å². The molecular formula is C22H19NO. The average Bonchev–Trinajstić information content (AvgIpc) is 2.66. The first-order valence-electron chi connectivity index (χ1n) is 8.14. The van der Waals surface area contributed by atoms with Gasteiger partial charge in [0, 0.05) is 0 Å². The fourth-order valence-corrected chi connectivity index (χ4v) is 3.41. The normalized spacial score (nSPS) is 13.9. The minimum absolute atomic E-state index is 0.484. The molecule has 4 aromatic rings. The van der Waals surface area contributed by atoms with Gasteiger partial charge in [0.05, 0.1) is 12.1 Å². The Hall–Kier alpha value is -2.68. The first-order chi connectivity index (χ1) is 11.8. The lowest BCUT2D eigenvalue weighted by Crippen LogP contribution is -2.20. The Morgan fingerprint density at radius 1 is 0.583 bits per heavy atom. The van der Waals surface area contributed by atoms with E-state index in [9.17, 15) is 5.11 Å². The van der Waals surface area contributed by atoms with E-state index in [1.807, 2.05) is 54.6 Å². The van der Waals surface area contributed by atoms with Gasteiger partial charge in [-0.25, -0.2) is 0 Å². The number of benzene rings is 4. The van der Waals surface area contributed by atoms with Crippen LogP contribution in [0.25, 0.3) is 21.5 Å². The molecule has 0 spiro atoms. The predicted octanol–water partition coefficient (Wildman–Crippen LogP) is 4.73. The molecule has 2 unspecified atom stereocenters. The maximum absolute atomic E-state index is 11.0. The maximum atomic E-state index is 11.0. The van der Waals surface area contributed by atoms with Gasteiger partial charge < -0.3 is 10.8 Å². The first-order valence-corrected chi connectivity index (χ1v) is 8.14. The van der Waals surface area contributed by atoms with Gasteiger partial charge in [-0.3, -0.25) is 0 Å². The van der Waals surface area contributed by atoms with Gasteiger partial charge in [-0.15, -0.1) is 0 Å². The molecule has 4 rings (SSSR count). The number of nitrogens with two attached hydrogens (primary N) is 1. The van der Waals surface area contributed by atoms with Crippen molar-refractivity contribution in [1.82, 2.24) is 0 Å². The van der Waals surface area contributed by atoms with Crippen LogP contribution in [0.2, 0.25) is 0 Å². The smallest absolute Gasteiger partial charge is 0.0988 e. The summed E-state index contributed by atoms with van der Waals surface area (Å²) in [6.07, 6.45) is -0.762. The Labute approximate surface area is 141 Å². The second-order valence-corrected chi connectivity index (χ2v) is 6.11. The van der Waals surface area contributed by atoms with E-state index in [2.05, 4.69) is 30.3 Å². The summed E-state index contributed by atoms with van der Waals surface area (Å²) in [5, 5.41) is 15.4. The minimum Gasteiger partial charge on any atom is -0.386 e. The number of rotatable bonds is 3. The molecule has 4 aromatic carbocycles. The van der Waals surface area contributed by atoms with Crippen molar-refractivity contribution >= 4 is 21.5 Å². The van der Waals surface area contributed by atoms with E-state index in [1.54, 1.807) is 0 Å². The van der Waals surface area contributed by atoms with E-state index in [0.717, 1.165) is 32.7 Å². The van der Waals surface area contributed by atoms with Crippen molar-refractivity contribution in [3.8, 4) is 0 Å². The molecule has 0 saturated carbocycles. The highest BCUT2D eigenvalue weighted by atomic mass is 16.3. The van der Waals surface area contributed by atoms with Gasteiger partial charge in [0.2, 0.25) is 0 Å². The third-order valence-corrected chi connectivity index (χ3v) is 4.66. The molecular weight excluding hydrogens is 294 g/mol. The van der Waals surface area contributed by atoms with Gasteiger partial charge in [-0.05, 0) is 32.7 Å². The van der Waals surface area contributed by atoms with Gasteiger partial charge in [0.15, 0.2) is 0 Å². The van der Waals surface area contributed by atoms with Crippen LogP contribution in [0.5, 0.6) is 0 Å². The van der Waals surface area contributed by atoms with Gasteiger partial charge in [0.1, 0.15) is 0 Å². The molecule has 2 heteroatoms. The van der Waals surface area contributed by atoms with E-state index >= 15 is 0 Å². The Kier molecular flexibility index (Phi) is 3.77. The molecule has 0 aromatic heterocycles. The topological polar surface area (TPSA) is 46.2 Å². The van der Waals surface area contributed by atoms with Crippen molar-refractivity contribution in [3.63, 3.8) is 0 Å². The number of hydrogen-bond donors (Lipinski definition) is 2. The summed E-state index contributed by atoms with van der Waals surface area (Å²) in [5.41, 5.74) is 8.31. The molecule has 0 fully saturated rings. The molecule has 0 aliphatic rings. The second kappa shape index (κ2) is 6.08. The summed E-state index contributed by atoms with van der Waals surface area (Å²) in [5.74, 6) is 0. The summed E-state index contributed by atoms with van der Waals surface area (Å²) in [6.45, 7) is 0. The summed E-state index contributed by atoms with van der Waals surface area (Å²) in [4.78, 5) is 0. The molecule has 118 valence electrons. The molecule has 0 amide bonds. The monoisotopic (exact) mass is 313 g/mol. The van der Waals surface area contributed by atoms with E-state index in [0.29, 0.717) is 0 Å². The van der Waals surface area contributed by atoms with Crippen LogP contribution in [0.4, 0.5) is 0 Å². The van der Waals surface area contributed by atoms with Crippen LogP contribution in [-0.4, -0.2) is 5.11 Å². The summed E-state index contributed by atoms with van der Waals surface area (Å²) in [7, 11) is 0. The summed E-state index contributed by atoms with van der Waals surface area (Å²) < 4.78 is 0. The van der Waals surface area contributed by atoms with Crippen LogP contribution < -0.4 is 5.73 Å². The lowest BCUT2D eigenvalue weighted by molar-refractivity contribution is 0.149. The standard InChI is InChI=1S/C22H19NO/c23-21(19-13-5-9-15-7-1-3-11-17(15)19)22(24)20-14-6-10-16-8-2-4-12-18(16)20/h1-14,21-22,24H,23H2. The highest BCUT2D eigenvalue weighted by Gasteiger charge is 2.22. The van der Waals surface area contributed by atoms with Crippen molar-refractivity contribution in [2.24, 2.45) is 5.73 Å². The van der Waals surface area contributed by atoms with Crippen LogP contribution in [0.1, 0.15) is 23.3 Å². The lowest BCUT2D eigenvalue weighted by Gasteiger charge is -2.22. The average molecular weight is 313 g/mol. The van der Waals surface area contributed by atoms with E-state index in [-0.39, 0.29) is 0 Å². The van der Waals surface area contributed by atoms with Crippen molar-refractivity contribution in [2.75, 3.05) is 0 Å². The Morgan fingerprint density at radius 3 is 1.67 bits per heavy atom. The third kappa shape index (κ3) is 2.46. The minimum atomic E-state index is -0.762. The van der Waals surface area contributed by atoms with Crippen LogP contribution in [-0.2, 0) is 0 Å². The van der Waals surface area contributed by atoms with Gasteiger partial charge in [-0.2, -0.15) is 0 Å². The fraction of sp³-hybridized carbons (Fsp3) is 0.0909. The SMILES string of the molecule is NC(c1cccc2ccccc12)C(O)c1cccc2ccccc12. The van der Waals surface area contributed by atoms with Crippen LogP contribution in [0, 0.1) is 0 Å². The Bertz CT molecular complexity index is 915. The zero-order chi connectivity index (χ0) is 16.5. The van der Waals surface area contributed by atoms with Crippen molar-refractivity contribution < 1.29 is 5.11 Å². The molecule has 0 bridgehead atoms. The van der Waals surface area contributed by atoms with E-state index < -0.39 is 12.1 Å². The lowest BCUT2D eigenvalue weighted by atomic mass is 9.90. The highest BCUT2D eigenvalue weighted by Crippen LogP contribution is 2.34. The molecule has 2 atom stereocenters. The summed E-state index contributed by atoms with van der Waals surface area (Å²) in [6, 6.07) is 27.8. The first kappa shape index (κ1) is 14.9. The van der Waals surface area contributed by atoms with Crippen LogP contribution >= 0.6 is 0 Å². The maximum Gasteiger partial charge on any atom is 0.0988 e. The number of aliphatic hydroxyl groups is 1. The fourth-order valence-electron chi connectivity index (χ4n) is 3.41. The molecule has 0 radical (unpaired) electrons. The van der Waals surface area contributed by atoms with Crippen LogP contribution in [0.15, 0.2) is 84.9 Å². The number of fused-ring (bicyclic) bond motifs is 2. The van der Waals surface area contributed by atoms with E-state index in [4.69, 9.17) is 5.73 Å². The molecule has 2 nitrogen and oxygen atoms in total. The second-order valence-electron chi connectivity index (χ2n) is 6.11. The molecule has 0 aliphatic heterocycles. The molecule has 0 aliphatic carbocycles. The van der Waals surface area contributed by atoms with Gasteiger partial charge in [-0.1, -0.05) is 84.9 Å². The summed E-state index contributed by atoms with van der Waals surface area (Å²) >= 11 is 0. The third-order valence-electron chi connectivity index (χ3n) is 4.66. The largest absolute Gasteiger partial charge is 0.386 e. The van der Waals surface area contributed by atoms with Gasteiger partial charge in [0.25, 0.3) is 0 Å². The molecule has 3 N–H and O–H groups in total. The van der Waals surface area contributed by atoms with Crippen LogP contribution in [0.3, 0.4) is 0 Å². The van der Waals surface area contributed by atoms with E-state index in [1.165, 1.54) is 0 Å². The number of aliphatic hydroxyl groups excluding tert-OH is 1. The Morgan fingerprint density at radius 2 is 1.04 bits per heavy atom. The molecule has 0 heterocycles. The zero-order valence-corrected chi connectivity index (χ0v) is 13.3. The predicted molar refractivity (Wildman–Crippen MR) is 99.8 cm³/mol. The molecule has 0 saturated heterocycles. The zero-order valence-electron chi connectivity index (χ0n) is 13.3. The van der Waals surface area contributed by atoms with Crippen molar-refractivity contribution in [1.29, 1.82) is 0 Å². The highest BCUT2D eigenvalue weighted by molar-refractivity contribution is 5.87. The molecule has 24 heavy (non-hydrogen) atoms. The van der Waals surface area contributed by atoms with Crippen molar-refractivity contribution in [3.05, 3.63) is 96.1 Å². The Balaban J connectivity index is 1.82.